The van der Waals surface area contributed by atoms with Crippen LogP contribution in [0.5, 0.6) is 0 Å². The van der Waals surface area contributed by atoms with Gasteiger partial charge in [-0.15, -0.1) is 0 Å². The molecule has 1 aliphatic rings. The van der Waals surface area contributed by atoms with Gasteiger partial charge < -0.3 is 10.2 Å². The number of nitrogens with zero attached hydrogens (tertiary/aromatic N) is 1. The molecule has 0 aromatic heterocycles. The molecule has 1 aliphatic heterocycles. The van der Waals surface area contributed by atoms with Gasteiger partial charge in [-0.25, -0.2) is 0 Å². The van der Waals surface area contributed by atoms with E-state index >= 15 is 0 Å². The summed E-state index contributed by atoms with van der Waals surface area (Å²) in [5, 5.41) is 2.95. The molecule has 0 spiro atoms. The first-order valence-corrected chi connectivity index (χ1v) is 8.57. The Kier molecular flexibility index (Phi) is 6.00. The summed E-state index contributed by atoms with van der Waals surface area (Å²) >= 11 is 3.42. The fourth-order valence-corrected chi connectivity index (χ4v) is 3.17. The van der Waals surface area contributed by atoms with Gasteiger partial charge in [0.1, 0.15) is 0 Å². The standard InChI is InChI=1S/C17H23BrN2O2/c1-12(2)19-17(22)14-6-8-20(9-7-14)16(21)11-13-4-3-5-15(18)10-13/h3-5,10,12,14H,6-9,11H2,1-2H3,(H,19,22). The van der Waals surface area contributed by atoms with Crippen molar-refractivity contribution in [3.63, 3.8) is 0 Å². The average molecular weight is 367 g/mol. The number of benzene rings is 1. The van der Waals surface area contributed by atoms with Crippen LogP contribution in [0, 0.1) is 5.92 Å². The molecule has 2 rings (SSSR count). The van der Waals surface area contributed by atoms with Crippen LogP contribution in [0.2, 0.25) is 0 Å². The van der Waals surface area contributed by atoms with Gasteiger partial charge in [-0.05, 0) is 44.4 Å². The van der Waals surface area contributed by atoms with Crippen LogP contribution < -0.4 is 5.32 Å². The summed E-state index contributed by atoms with van der Waals surface area (Å²) in [4.78, 5) is 26.2. The van der Waals surface area contributed by atoms with Crippen LogP contribution in [0.25, 0.3) is 0 Å². The van der Waals surface area contributed by atoms with E-state index in [1.54, 1.807) is 0 Å². The highest BCUT2D eigenvalue weighted by Crippen LogP contribution is 2.19. The van der Waals surface area contributed by atoms with Crippen molar-refractivity contribution in [3.8, 4) is 0 Å². The van der Waals surface area contributed by atoms with Crippen molar-refractivity contribution in [2.24, 2.45) is 5.92 Å². The predicted octanol–water partition coefficient (Wildman–Crippen LogP) is 2.75. The van der Waals surface area contributed by atoms with Gasteiger partial charge in [-0.1, -0.05) is 28.1 Å². The fourth-order valence-electron chi connectivity index (χ4n) is 2.73. The summed E-state index contributed by atoms with van der Waals surface area (Å²) in [5.41, 5.74) is 1.01. The van der Waals surface area contributed by atoms with Crippen molar-refractivity contribution in [2.45, 2.75) is 39.2 Å². The normalized spacial score (nSPS) is 15.9. The van der Waals surface area contributed by atoms with Gasteiger partial charge in [0.2, 0.25) is 11.8 Å². The van der Waals surface area contributed by atoms with Crippen LogP contribution in [0.3, 0.4) is 0 Å². The smallest absolute Gasteiger partial charge is 0.226 e. The SMILES string of the molecule is CC(C)NC(=O)C1CCN(C(=O)Cc2cccc(Br)c2)CC1. The van der Waals surface area contributed by atoms with Crippen LogP contribution in [0.1, 0.15) is 32.3 Å². The largest absolute Gasteiger partial charge is 0.354 e. The van der Waals surface area contributed by atoms with Crippen molar-refractivity contribution in [2.75, 3.05) is 13.1 Å². The molecule has 0 bridgehead atoms. The van der Waals surface area contributed by atoms with Crippen LogP contribution in [-0.4, -0.2) is 35.8 Å². The number of nitrogens with one attached hydrogen (secondary N) is 1. The second-order valence-corrected chi connectivity index (χ2v) is 7.04. The first-order chi connectivity index (χ1) is 10.5. The zero-order chi connectivity index (χ0) is 16.1. The Morgan fingerprint density at radius 2 is 2.00 bits per heavy atom. The van der Waals surface area contributed by atoms with Crippen LogP contribution >= 0.6 is 15.9 Å². The van der Waals surface area contributed by atoms with Crippen LogP contribution in [-0.2, 0) is 16.0 Å². The van der Waals surface area contributed by atoms with Gasteiger partial charge >= 0.3 is 0 Å². The monoisotopic (exact) mass is 366 g/mol. The number of carbonyl (C=O) groups is 2. The van der Waals surface area contributed by atoms with E-state index in [0.29, 0.717) is 19.5 Å². The minimum Gasteiger partial charge on any atom is -0.354 e. The number of amides is 2. The van der Waals surface area contributed by atoms with E-state index < -0.39 is 0 Å². The number of hydrogen-bond donors (Lipinski definition) is 1. The Morgan fingerprint density at radius 1 is 1.32 bits per heavy atom. The molecule has 1 aromatic carbocycles. The Balaban J connectivity index is 1.83. The van der Waals surface area contributed by atoms with Crippen molar-refractivity contribution in [1.82, 2.24) is 10.2 Å². The molecule has 0 saturated carbocycles. The molecule has 0 aliphatic carbocycles. The molecule has 1 aromatic rings. The Hall–Kier alpha value is -1.36. The topological polar surface area (TPSA) is 49.4 Å². The summed E-state index contributed by atoms with van der Waals surface area (Å²) in [6, 6.07) is 8.00. The molecule has 120 valence electrons. The van der Waals surface area contributed by atoms with Gasteiger partial charge in [0.15, 0.2) is 0 Å². The van der Waals surface area contributed by atoms with Crippen LogP contribution in [0.15, 0.2) is 28.7 Å². The molecular weight excluding hydrogens is 344 g/mol. The molecule has 4 nitrogen and oxygen atoms in total. The van der Waals surface area contributed by atoms with Gasteiger partial charge in [0.05, 0.1) is 6.42 Å². The van der Waals surface area contributed by atoms with E-state index in [0.717, 1.165) is 22.9 Å². The minimum absolute atomic E-state index is 0.0392. The summed E-state index contributed by atoms with van der Waals surface area (Å²) < 4.78 is 0.988. The molecule has 1 N–H and O–H groups in total. The molecule has 22 heavy (non-hydrogen) atoms. The van der Waals surface area contributed by atoms with E-state index in [4.69, 9.17) is 0 Å². The zero-order valence-corrected chi connectivity index (χ0v) is 14.7. The third-order valence-corrected chi connectivity index (χ3v) is 4.39. The minimum atomic E-state index is 0.0392. The van der Waals surface area contributed by atoms with E-state index in [1.165, 1.54) is 0 Å². The zero-order valence-electron chi connectivity index (χ0n) is 13.1. The average Bonchev–Trinajstić information content (AvgIpc) is 2.46. The quantitative estimate of drug-likeness (QED) is 0.890. The maximum Gasteiger partial charge on any atom is 0.226 e. The molecule has 0 radical (unpaired) electrons. The number of hydrogen-bond acceptors (Lipinski definition) is 2. The maximum atomic E-state index is 12.3. The highest BCUT2D eigenvalue weighted by Gasteiger charge is 2.27. The lowest BCUT2D eigenvalue weighted by atomic mass is 9.95. The molecule has 1 fully saturated rings. The van der Waals surface area contributed by atoms with Crippen molar-refractivity contribution < 1.29 is 9.59 Å². The third kappa shape index (κ3) is 4.83. The van der Waals surface area contributed by atoms with Crippen LogP contribution in [0.4, 0.5) is 0 Å². The summed E-state index contributed by atoms with van der Waals surface area (Å²) in [6.07, 6.45) is 1.92. The first kappa shape index (κ1) is 17.0. The highest BCUT2D eigenvalue weighted by atomic mass is 79.9. The van der Waals surface area contributed by atoms with Gasteiger partial charge in [-0.3, -0.25) is 9.59 Å². The second-order valence-electron chi connectivity index (χ2n) is 6.13. The van der Waals surface area contributed by atoms with E-state index in [9.17, 15) is 9.59 Å². The molecule has 2 amide bonds. The van der Waals surface area contributed by atoms with E-state index in [2.05, 4.69) is 21.2 Å². The molecule has 0 unspecified atom stereocenters. The number of likely N-dealkylation sites (tertiary alicyclic amines) is 1. The first-order valence-electron chi connectivity index (χ1n) is 7.78. The van der Waals surface area contributed by atoms with Gasteiger partial charge in [-0.2, -0.15) is 0 Å². The Morgan fingerprint density at radius 3 is 2.59 bits per heavy atom. The molecule has 0 atom stereocenters. The predicted molar refractivity (Wildman–Crippen MR) is 90.4 cm³/mol. The lowest BCUT2D eigenvalue weighted by Gasteiger charge is -2.31. The van der Waals surface area contributed by atoms with Crippen molar-refractivity contribution in [1.29, 1.82) is 0 Å². The summed E-state index contributed by atoms with van der Waals surface area (Å²) in [7, 11) is 0. The van der Waals surface area contributed by atoms with Gasteiger partial charge in [0, 0.05) is 29.5 Å². The van der Waals surface area contributed by atoms with Crippen molar-refractivity contribution >= 4 is 27.7 Å². The van der Waals surface area contributed by atoms with E-state index in [-0.39, 0.29) is 23.8 Å². The summed E-state index contributed by atoms with van der Waals surface area (Å²) in [6.45, 7) is 5.27. The molecule has 1 saturated heterocycles. The summed E-state index contributed by atoms with van der Waals surface area (Å²) in [5.74, 6) is 0.298. The Labute approximate surface area is 140 Å². The third-order valence-electron chi connectivity index (χ3n) is 3.89. The second kappa shape index (κ2) is 7.77. The lowest BCUT2D eigenvalue weighted by Crippen LogP contribution is -2.44. The van der Waals surface area contributed by atoms with Gasteiger partial charge in [0.25, 0.3) is 0 Å². The maximum absolute atomic E-state index is 12.3. The number of rotatable bonds is 4. The molecule has 5 heteroatoms. The highest BCUT2D eigenvalue weighted by molar-refractivity contribution is 9.10. The number of carbonyl (C=O) groups excluding carboxylic acids is 2. The number of halogens is 1. The fraction of sp³-hybridized carbons (Fsp3) is 0.529. The number of piperidine rings is 1. The lowest BCUT2D eigenvalue weighted by molar-refractivity contribution is -0.135. The van der Waals surface area contributed by atoms with E-state index in [1.807, 2.05) is 43.0 Å². The molecular formula is C17H23BrN2O2. The Bertz CT molecular complexity index is 537. The van der Waals surface area contributed by atoms with Crippen molar-refractivity contribution in [3.05, 3.63) is 34.3 Å². The molecule has 1 heterocycles.